The van der Waals surface area contributed by atoms with Gasteiger partial charge in [-0.1, -0.05) is 0 Å². The van der Waals surface area contributed by atoms with Crippen LogP contribution in [0.15, 0.2) is 24.3 Å². The predicted octanol–water partition coefficient (Wildman–Crippen LogP) is 1.32. The molecule has 1 aromatic rings. The summed E-state index contributed by atoms with van der Waals surface area (Å²) in [6.45, 7) is 2.06. The third-order valence-corrected chi connectivity index (χ3v) is 2.36. The molecule has 3 nitrogen and oxygen atoms in total. The molecule has 0 saturated heterocycles. The maximum Gasteiger partial charge on any atom is 0.150 e. The highest BCUT2D eigenvalue weighted by atomic mass is 16.3. The van der Waals surface area contributed by atoms with E-state index in [9.17, 15) is 4.79 Å². The second-order valence-electron chi connectivity index (χ2n) is 3.35. The number of hydrogen-bond donors (Lipinski definition) is 1. The quantitative estimate of drug-likeness (QED) is 0.733. The summed E-state index contributed by atoms with van der Waals surface area (Å²) in [5.41, 5.74) is 1.66. The Kier molecular flexibility index (Phi) is 3.65. The maximum absolute atomic E-state index is 10.4. The van der Waals surface area contributed by atoms with Crippen LogP contribution in [0.2, 0.25) is 0 Å². The summed E-state index contributed by atoms with van der Waals surface area (Å²) in [4.78, 5) is 12.4. The van der Waals surface area contributed by atoms with Crippen molar-refractivity contribution in [2.75, 3.05) is 18.6 Å². The van der Waals surface area contributed by atoms with Gasteiger partial charge in [0.15, 0.2) is 0 Å². The molecule has 0 aromatic heterocycles. The summed E-state index contributed by atoms with van der Waals surface area (Å²) in [5.74, 6) is 0. The Hall–Kier alpha value is -1.35. The normalized spacial score (nSPS) is 12.2. The first-order chi connectivity index (χ1) is 6.69. The van der Waals surface area contributed by atoms with E-state index < -0.39 is 0 Å². The van der Waals surface area contributed by atoms with Crippen molar-refractivity contribution in [3.8, 4) is 0 Å². The lowest BCUT2D eigenvalue weighted by atomic mass is 10.2. The number of carbonyl (C=O) groups is 1. The van der Waals surface area contributed by atoms with Crippen LogP contribution in [0.5, 0.6) is 0 Å². The van der Waals surface area contributed by atoms with Gasteiger partial charge in [-0.25, -0.2) is 0 Å². The van der Waals surface area contributed by atoms with Crippen molar-refractivity contribution in [2.24, 2.45) is 0 Å². The fraction of sp³-hybridized carbons (Fsp3) is 0.364. The summed E-state index contributed by atoms with van der Waals surface area (Å²) in [6.07, 6.45) is 0.819. The zero-order valence-electron chi connectivity index (χ0n) is 8.47. The lowest BCUT2D eigenvalue weighted by Crippen LogP contribution is -2.31. The minimum Gasteiger partial charge on any atom is -0.394 e. The summed E-state index contributed by atoms with van der Waals surface area (Å²) in [7, 11) is 1.91. The Morgan fingerprint density at radius 2 is 2.00 bits per heavy atom. The molecule has 0 aliphatic rings. The van der Waals surface area contributed by atoms with Crippen LogP contribution in [0, 0.1) is 0 Å². The first-order valence-corrected chi connectivity index (χ1v) is 4.58. The molecule has 0 bridgehead atoms. The molecule has 0 amide bonds. The molecule has 0 heterocycles. The van der Waals surface area contributed by atoms with Crippen molar-refractivity contribution in [1.29, 1.82) is 0 Å². The Morgan fingerprint density at radius 3 is 2.43 bits per heavy atom. The zero-order chi connectivity index (χ0) is 10.6. The highest BCUT2D eigenvalue weighted by Gasteiger charge is 2.07. The summed E-state index contributed by atoms with van der Waals surface area (Å²) < 4.78 is 0. The van der Waals surface area contributed by atoms with Crippen LogP contribution in [0.1, 0.15) is 17.3 Å². The topological polar surface area (TPSA) is 40.5 Å². The standard InChI is InChI=1S/C11H15NO2/c1-9(7-13)12(2)11-5-3-10(8-14)4-6-11/h3-6,8-9,13H,7H2,1-2H3. The molecule has 76 valence electrons. The highest BCUT2D eigenvalue weighted by molar-refractivity contribution is 5.75. The van der Waals surface area contributed by atoms with Crippen molar-refractivity contribution >= 4 is 12.0 Å². The van der Waals surface area contributed by atoms with Crippen molar-refractivity contribution in [3.05, 3.63) is 29.8 Å². The van der Waals surface area contributed by atoms with Gasteiger partial charge in [0, 0.05) is 24.3 Å². The van der Waals surface area contributed by atoms with Gasteiger partial charge in [-0.3, -0.25) is 4.79 Å². The van der Waals surface area contributed by atoms with Gasteiger partial charge in [-0.2, -0.15) is 0 Å². The molecule has 0 aliphatic heterocycles. The van der Waals surface area contributed by atoms with E-state index in [1.807, 2.05) is 31.0 Å². The zero-order valence-corrected chi connectivity index (χ0v) is 8.47. The van der Waals surface area contributed by atoms with E-state index in [1.54, 1.807) is 12.1 Å². The molecule has 3 heteroatoms. The third-order valence-electron chi connectivity index (χ3n) is 2.36. The van der Waals surface area contributed by atoms with Crippen molar-refractivity contribution in [1.82, 2.24) is 0 Å². The van der Waals surface area contributed by atoms with Crippen molar-refractivity contribution < 1.29 is 9.90 Å². The molecule has 0 spiro atoms. The molecule has 1 unspecified atom stereocenters. The predicted molar refractivity (Wildman–Crippen MR) is 56.8 cm³/mol. The van der Waals surface area contributed by atoms with Crippen LogP contribution >= 0.6 is 0 Å². The molecule has 0 saturated carbocycles. The van der Waals surface area contributed by atoms with Crippen LogP contribution in [0.25, 0.3) is 0 Å². The third kappa shape index (κ3) is 2.33. The van der Waals surface area contributed by atoms with E-state index in [0.717, 1.165) is 12.0 Å². The van der Waals surface area contributed by atoms with Gasteiger partial charge < -0.3 is 10.0 Å². The first-order valence-electron chi connectivity index (χ1n) is 4.58. The average molecular weight is 193 g/mol. The number of aliphatic hydroxyl groups excluding tert-OH is 1. The summed E-state index contributed by atoms with van der Waals surface area (Å²) >= 11 is 0. The van der Waals surface area contributed by atoms with E-state index in [1.165, 1.54) is 0 Å². The van der Waals surface area contributed by atoms with Gasteiger partial charge in [0.1, 0.15) is 6.29 Å². The fourth-order valence-electron chi connectivity index (χ4n) is 1.16. The molecular formula is C11H15NO2. The van der Waals surface area contributed by atoms with Crippen LogP contribution < -0.4 is 4.90 Å². The number of likely N-dealkylation sites (N-methyl/N-ethyl adjacent to an activating group) is 1. The maximum atomic E-state index is 10.4. The number of aliphatic hydroxyl groups is 1. The number of aldehydes is 1. The van der Waals surface area contributed by atoms with E-state index in [0.29, 0.717) is 5.56 Å². The number of nitrogens with zero attached hydrogens (tertiary/aromatic N) is 1. The second-order valence-corrected chi connectivity index (χ2v) is 3.35. The van der Waals surface area contributed by atoms with Crippen LogP contribution in [0.4, 0.5) is 5.69 Å². The number of carbonyl (C=O) groups excluding carboxylic acids is 1. The van der Waals surface area contributed by atoms with E-state index in [-0.39, 0.29) is 12.6 Å². The van der Waals surface area contributed by atoms with Crippen LogP contribution in [0.3, 0.4) is 0 Å². The van der Waals surface area contributed by atoms with E-state index in [2.05, 4.69) is 0 Å². The Bertz CT molecular complexity index is 295. The SMILES string of the molecule is CC(CO)N(C)c1ccc(C=O)cc1. The Morgan fingerprint density at radius 1 is 1.43 bits per heavy atom. The van der Waals surface area contributed by atoms with E-state index >= 15 is 0 Å². The highest BCUT2D eigenvalue weighted by Crippen LogP contribution is 2.15. The lowest BCUT2D eigenvalue weighted by molar-refractivity contribution is 0.112. The van der Waals surface area contributed by atoms with Crippen molar-refractivity contribution in [2.45, 2.75) is 13.0 Å². The Balaban J connectivity index is 2.80. The molecule has 0 aliphatic carbocycles. The molecule has 1 rings (SSSR count). The Labute approximate surface area is 84.0 Å². The average Bonchev–Trinajstić information content (AvgIpc) is 2.27. The van der Waals surface area contributed by atoms with Gasteiger partial charge in [0.25, 0.3) is 0 Å². The number of hydrogen-bond acceptors (Lipinski definition) is 3. The van der Waals surface area contributed by atoms with E-state index in [4.69, 9.17) is 5.11 Å². The van der Waals surface area contributed by atoms with Crippen LogP contribution in [-0.4, -0.2) is 31.1 Å². The summed E-state index contributed by atoms with van der Waals surface area (Å²) in [6, 6.07) is 7.36. The van der Waals surface area contributed by atoms with Gasteiger partial charge in [-0.15, -0.1) is 0 Å². The van der Waals surface area contributed by atoms with Gasteiger partial charge >= 0.3 is 0 Å². The van der Waals surface area contributed by atoms with Gasteiger partial charge in [0.05, 0.1) is 6.61 Å². The molecule has 14 heavy (non-hydrogen) atoms. The molecule has 0 radical (unpaired) electrons. The van der Waals surface area contributed by atoms with Crippen molar-refractivity contribution in [3.63, 3.8) is 0 Å². The number of rotatable bonds is 4. The fourth-order valence-corrected chi connectivity index (χ4v) is 1.16. The van der Waals surface area contributed by atoms with Crippen LogP contribution in [-0.2, 0) is 0 Å². The molecule has 1 atom stereocenters. The molecule has 1 N–H and O–H groups in total. The molecular weight excluding hydrogens is 178 g/mol. The minimum atomic E-state index is 0.0806. The molecule has 0 fully saturated rings. The minimum absolute atomic E-state index is 0.0806. The lowest BCUT2D eigenvalue weighted by Gasteiger charge is -2.25. The number of benzene rings is 1. The smallest absolute Gasteiger partial charge is 0.150 e. The summed E-state index contributed by atoms with van der Waals surface area (Å²) in [5, 5.41) is 8.97. The largest absolute Gasteiger partial charge is 0.394 e. The first kappa shape index (κ1) is 10.7. The second kappa shape index (κ2) is 4.77. The van der Waals surface area contributed by atoms with Gasteiger partial charge in [0.2, 0.25) is 0 Å². The monoisotopic (exact) mass is 193 g/mol. The molecule has 1 aromatic carbocycles. The van der Waals surface area contributed by atoms with Gasteiger partial charge in [-0.05, 0) is 31.2 Å². The number of anilines is 1.